The number of hydrogen-bond donors (Lipinski definition) is 2. The fourth-order valence-corrected chi connectivity index (χ4v) is 4.31. The monoisotopic (exact) mass is 470 g/mol. The molecule has 0 saturated heterocycles. The zero-order valence-corrected chi connectivity index (χ0v) is 19.1. The standard InChI is InChI=1S/C28H23ClN2O3/c29-27-17-23(15-16-30-27)26(25-4-2-1-3-24(25)18-31-34)14-7-19-5-8-20(9-6-19)21-10-12-22(13-11-21)28(32)33/h1-6,8-13,15-18,26,34H,7,14H2,(H,32,33)/b31-18-/t26-/m1/s1. The maximum Gasteiger partial charge on any atom is 0.335 e. The molecule has 4 rings (SSSR count). The van der Waals surface area contributed by atoms with Gasteiger partial charge in [0.05, 0.1) is 11.8 Å². The number of carbonyl (C=O) groups is 1. The Bertz CT molecular complexity index is 1300. The molecule has 5 nitrogen and oxygen atoms in total. The van der Waals surface area contributed by atoms with Crippen molar-refractivity contribution in [1.82, 2.24) is 4.98 Å². The molecule has 2 N–H and O–H groups in total. The molecule has 0 spiro atoms. The van der Waals surface area contributed by atoms with Crippen LogP contribution in [0.5, 0.6) is 0 Å². The molecule has 0 bridgehead atoms. The molecule has 0 aliphatic carbocycles. The predicted octanol–water partition coefficient (Wildman–Crippen LogP) is 6.67. The molecular weight excluding hydrogens is 448 g/mol. The van der Waals surface area contributed by atoms with E-state index >= 15 is 0 Å². The van der Waals surface area contributed by atoms with E-state index in [9.17, 15) is 4.79 Å². The summed E-state index contributed by atoms with van der Waals surface area (Å²) in [6.07, 6.45) is 4.81. The van der Waals surface area contributed by atoms with E-state index in [-0.39, 0.29) is 11.5 Å². The SMILES string of the molecule is O=C(O)c1ccc(-c2ccc(CC[C@H](c3ccnc(Cl)c3)c3ccccc3/C=N\O)cc2)cc1. The second-order valence-electron chi connectivity index (χ2n) is 7.96. The van der Waals surface area contributed by atoms with E-state index in [1.54, 1.807) is 18.3 Å². The summed E-state index contributed by atoms with van der Waals surface area (Å²) in [5.41, 5.74) is 6.41. The van der Waals surface area contributed by atoms with Crippen LogP contribution >= 0.6 is 11.6 Å². The van der Waals surface area contributed by atoms with Crippen molar-refractivity contribution in [2.24, 2.45) is 5.16 Å². The van der Waals surface area contributed by atoms with Gasteiger partial charge in [0.15, 0.2) is 0 Å². The number of benzene rings is 3. The summed E-state index contributed by atoms with van der Waals surface area (Å²) in [6.45, 7) is 0. The highest BCUT2D eigenvalue weighted by Crippen LogP contribution is 2.32. The highest BCUT2D eigenvalue weighted by molar-refractivity contribution is 6.29. The van der Waals surface area contributed by atoms with Crippen LogP contribution in [-0.4, -0.2) is 27.5 Å². The minimum atomic E-state index is -0.932. The number of oxime groups is 1. The fraction of sp³-hybridized carbons (Fsp3) is 0.107. The zero-order valence-electron chi connectivity index (χ0n) is 18.3. The van der Waals surface area contributed by atoms with Crippen LogP contribution in [0.3, 0.4) is 0 Å². The van der Waals surface area contributed by atoms with Gasteiger partial charge >= 0.3 is 5.97 Å². The third-order valence-corrected chi connectivity index (χ3v) is 6.07. The lowest BCUT2D eigenvalue weighted by Crippen LogP contribution is -2.07. The summed E-state index contributed by atoms with van der Waals surface area (Å²) in [7, 11) is 0. The highest BCUT2D eigenvalue weighted by atomic mass is 35.5. The lowest BCUT2D eigenvalue weighted by Gasteiger charge is -2.20. The Morgan fingerprint density at radius 2 is 1.65 bits per heavy atom. The van der Waals surface area contributed by atoms with Gasteiger partial charge in [-0.2, -0.15) is 0 Å². The average molecular weight is 471 g/mol. The Morgan fingerprint density at radius 1 is 0.971 bits per heavy atom. The maximum absolute atomic E-state index is 11.1. The van der Waals surface area contributed by atoms with Gasteiger partial charge in [0.1, 0.15) is 5.15 Å². The zero-order chi connectivity index (χ0) is 23.9. The Morgan fingerprint density at radius 3 is 2.29 bits per heavy atom. The van der Waals surface area contributed by atoms with E-state index in [1.807, 2.05) is 48.5 Å². The van der Waals surface area contributed by atoms with Crippen LogP contribution in [0.1, 0.15) is 45.0 Å². The van der Waals surface area contributed by atoms with Gasteiger partial charge < -0.3 is 10.3 Å². The molecule has 34 heavy (non-hydrogen) atoms. The van der Waals surface area contributed by atoms with E-state index in [1.165, 1.54) is 11.8 Å². The topological polar surface area (TPSA) is 82.8 Å². The predicted molar refractivity (Wildman–Crippen MR) is 134 cm³/mol. The van der Waals surface area contributed by atoms with Crippen LogP contribution in [0.2, 0.25) is 5.15 Å². The minimum Gasteiger partial charge on any atom is -0.478 e. The van der Waals surface area contributed by atoms with Crippen molar-refractivity contribution in [3.63, 3.8) is 0 Å². The van der Waals surface area contributed by atoms with Crippen LogP contribution in [-0.2, 0) is 6.42 Å². The molecule has 0 unspecified atom stereocenters. The second kappa shape index (κ2) is 10.8. The van der Waals surface area contributed by atoms with Crippen molar-refractivity contribution in [3.8, 4) is 11.1 Å². The summed E-state index contributed by atoms with van der Waals surface area (Å²) in [4.78, 5) is 15.2. The van der Waals surface area contributed by atoms with E-state index in [2.05, 4.69) is 34.4 Å². The maximum atomic E-state index is 11.1. The van der Waals surface area contributed by atoms with E-state index in [0.29, 0.717) is 5.15 Å². The molecule has 6 heteroatoms. The first kappa shape index (κ1) is 23.2. The van der Waals surface area contributed by atoms with Crippen LogP contribution in [0.4, 0.5) is 0 Å². The number of halogens is 1. The van der Waals surface area contributed by atoms with E-state index < -0.39 is 5.97 Å². The number of carboxylic acids is 1. The summed E-state index contributed by atoms with van der Waals surface area (Å²) >= 11 is 6.19. The lowest BCUT2D eigenvalue weighted by molar-refractivity contribution is 0.0697. The quantitative estimate of drug-likeness (QED) is 0.130. The number of aryl methyl sites for hydroxylation is 1. The number of rotatable bonds is 8. The third kappa shape index (κ3) is 5.50. The molecular formula is C28H23ClN2O3. The van der Waals surface area contributed by atoms with Crippen molar-refractivity contribution in [1.29, 1.82) is 0 Å². The summed E-state index contributed by atoms with van der Waals surface area (Å²) < 4.78 is 0. The molecule has 0 fully saturated rings. The summed E-state index contributed by atoms with van der Waals surface area (Å²) in [6, 6.07) is 26.9. The van der Waals surface area contributed by atoms with Gasteiger partial charge in [-0.05, 0) is 70.5 Å². The summed E-state index contributed by atoms with van der Waals surface area (Å²) in [5, 5.41) is 21.9. The van der Waals surface area contributed by atoms with Crippen molar-refractivity contribution in [2.45, 2.75) is 18.8 Å². The van der Waals surface area contributed by atoms with Gasteiger partial charge in [-0.3, -0.25) is 0 Å². The molecule has 1 atom stereocenters. The molecule has 0 amide bonds. The largest absolute Gasteiger partial charge is 0.478 e. The lowest BCUT2D eigenvalue weighted by atomic mass is 9.84. The first-order valence-corrected chi connectivity index (χ1v) is 11.2. The van der Waals surface area contributed by atoms with Crippen LogP contribution in [0.15, 0.2) is 96.3 Å². The third-order valence-electron chi connectivity index (χ3n) is 5.86. The number of hydrogen-bond acceptors (Lipinski definition) is 4. The van der Waals surface area contributed by atoms with Crippen molar-refractivity contribution in [3.05, 3.63) is 124 Å². The van der Waals surface area contributed by atoms with Crippen molar-refractivity contribution >= 4 is 23.8 Å². The van der Waals surface area contributed by atoms with Crippen molar-refractivity contribution < 1.29 is 15.1 Å². The Kier molecular flexibility index (Phi) is 7.35. The van der Waals surface area contributed by atoms with Crippen molar-refractivity contribution in [2.75, 3.05) is 0 Å². The van der Waals surface area contributed by atoms with Crippen LogP contribution < -0.4 is 0 Å². The van der Waals surface area contributed by atoms with Crippen LogP contribution in [0.25, 0.3) is 11.1 Å². The summed E-state index contributed by atoms with van der Waals surface area (Å²) in [5.74, 6) is -0.892. The van der Waals surface area contributed by atoms with E-state index in [4.69, 9.17) is 21.9 Å². The molecule has 1 heterocycles. The van der Waals surface area contributed by atoms with Crippen LogP contribution in [0, 0.1) is 0 Å². The Hall–Kier alpha value is -3.96. The van der Waals surface area contributed by atoms with Gasteiger partial charge in [0.2, 0.25) is 0 Å². The van der Waals surface area contributed by atoms with Gasteiger partial charge in [0.25, 0.3) is 0 Å². The number of carboxylic acid groups (broad SMARTS) is 1. The molecule has 0 radical (unpaired) electrons. The normalized spacial score (nSPS) is 12.0. The van der Waals surface area contributed by atoms with E-state index in [0.717, 1.165) is 40.7 Å². The molecule has 4 aromatic rings. The van der Waals surface area contributed by atoms with Gasteiger partial charge in [-0.15, -0.1) is 0 Å². The molecule has 0 aliphatic heterocycles. The smallest absolute Gasteiger partial charge is 0.335 e. The first-order valence-electron chi connectivity index (χ1n) is 10.9. The first-order chi connectivity index (χ1) is 16.5. The number of nitrogens with zero attached hydrogens (tertiary/aromatic N) is 2. The van der Waals surface area contributed by atoms with Gasteiger partial charge in [-0.25, -0.2) is 9.78 Å². The number of pyridine rings is 1. The fourth-order valence-electron chi connectivity index (χ4n) is 4.12. The van der Waals surface area contributed by atoms with Gasteiger partial charge in [-0.1, -0.05) is 77.4 Å². The minimum absolute atomic E-state index is 0.0398. The molecule has 170 valence electrons. The highest BCUT2D eigenvalue weighted by Gasteiger charge is 2.18. The molecule has 3 aromatic carbocycles. The Balaban J connectivity index is 1.56. The molecule has 0 saturated carbocycles. The van der Waals surface area contributed by atoms with Gasteiger partial charge in [0, 0.05) is 12.1 Å². The number of aromatic carboxylic acids is 1. The second-order valence-corrected chi connectivity index (χ2v) is 8.34. The number of aromatic nitrogens is 1. The molecule has 0 aliphatic rings. The average Bonchev–Trinajstić information content (AvgIpc) is 2.86. The molecule has 1 aromatic heterocycles. The Labute approximate surface area is 203 Å².